The zero-order chi connectivity index (χ0) is 14.8. The molecule has 1 aromatic carbocycles. The van der Waals surface area contributed by atoms with Crippen molar-refractivity contribution >= 4 is 9.84 Å². The van der Waals surface area contributed by atoms with Crippen molar-refractivity contribution in [2.24, 2.45) is 5.73 Å². The quantitative estimate of drug-likeness (QED) is 0.897. The molecule has 0 aliphatic rings. The van der Waals surface area contributed by atoms with E-state index in [4.69, 9.17) is 10.3 Å². The number of hydrogen-bond donors (Lipinski definition) is 1. The fourth-order valence-corrected chi connectivity index (χ4v) is 2.35. The summed E-state index contributed by atoms with van der Waals surface area (Å²) in [6.45, 7) is 3.71. The molecule has 2 aromatic rings. The van der Waals surface area contributed by atoms with Gasteiger partial charge in [0.15, 0.2) is 9.84 Å². The van der Waals surface area contributed by atoms with Crippen LogP contribution in [0.2, 0.25) is 0 Å². The SMILES string of the molecule is CC(C)S(=O)(=O)Cc1nc(-c2ccc(CN)cc2)no1. The van der Waals surface area contributed by atoms with Gasteiger partial charge in [-0.25, -0.2) is 8.42 Å². The zero-order valence-corrected chi connectivity index (χ0v) is 12.2. The van der Waals surface area contributed by atoms with E-state index in [9.17, 15) is 8.42 Å². The van der Waals surface area contributed by atoms with Crippen molar-refractivity contribution in [3.63, 3.8) is 0 Å². The summed E-state index contributed by atoms with van der Waals surface area (Å²) < 4.78 is 28.6. The van der Waals surface area contributed by atoms with E-state index in [0.717, 1.165) is 11.1 Å². The molecule has 0 aliphatic carbocycles. The Morgan fingerprint density at radius 1 is 1.25 bits per heavy atom. The number of benzene rings is 1. The van der Waals surface area contributed by atoms with Crippen LogP contribution in [0.4, 0.5) is 0 Å². The molecule has 0 saturated carbocycles. The van der Waals surface area contributed by atoms with Crippen LogP contribution < -0.4 is 5.73 Å². The maximum Gasteiger partial charge on any atom is 0.242 e. The number of nitrogens with two attached hydrogens (primary N) is 1. The molecular formula is C13H17N3O3S. The molecule has 6 nitrogen and oxygen atoms in total. The Morgan fingerprint density at radius 3 is 2.45 bits per heavy atom. The number of rotatable bonds is 5. The van der Waals surface area contributed by atoms with Gasteiger partial charge in [-0.15, -0.1) is 0 Å². The molecule has 108 valence electrons. The first-order valence-corrected chi connectivity index (χ1v) is 7.97. The highest BCUT2D eigenvalue weighted by atomic mass is 32.2. The van der Waals surface area contributed by atoms with Crippen molar-refractivity contribution in [1.29, 1.82) is 0 Å². The summed E-state index contributed by atoms with van der Waals surface area (Å²) in [7, 11) is -3.24. The lowest BCUT2D eigenvalue weighted by Crippen LogP contribution is -2.16. The molecule has 2 rings (SSSR count). The van der Waals surface area contributed by atoms with Crippen LogP contribution >= 0.6 is 0 Å². The molecule has 0 atom stereocenters. The molecular weight excluding hydrogens is 278 g/mol. The summed E-state index contributed by atoms with van der Waals surface area (Å²) in [6, 6.07) is 7.40. The van der Waals surface area contributed by atoms with Gasteiger partial charge < -0.3 is 10.3 Å². The third-order valence-electron chi connectivity index (χ3n) is 2.96. The van der Waals surface area contributed by atoms with Crippen LogP contribution in [-0.2, 0) is 22.1 Å². The van der Waals surface area contributed by atoms with Gasteiger partial charge in [0.05, 0.1) is 5.25 Å². The summed E-state index contributed by atoms with van der Waals surface area (Å²) in [5, 5.41) is 3.33. The van der Waals surface area contributed by atoms with Crippen LogP contribution in [0.1, 0.15) is 25.3 Å². The third-order valence-corrected chi connectivity index (χ3v) is 5.04. The molecule has 0 aliphatic heterocycles. The summed E-state index contributed by atoms with van der Waals surface area (Å²) >= 11 is 0. The summed E-state index contributed by atoms with van der Waals surface area (Å²) in [4.78, 5) is 4.12. The maximum atomic E-state index is 11.8. The molecule has 0 amide bonds. The predicted molar refractivity (Wildman–Crippen MR) is 75.4 cm³/mol. The fraction of sp³-hybridized carbons (Fsp3) is 0.385. The first-order valence-electron chi connectivity index (χ1n) is 6.26. The number of nitrogens with zero attached hydrogens (tertiary/aromatic N) is 2. The Bertz CT molecular complexity index is 675. The van der Waals surface area contributed by atoms with Gasteiger partial charge in [-0.2, -0.15) is 4.98 Å². The first kappa shape index (κ1) is 14.7. The number of hydrogen-bond acceptors (Lipinski definition) is 6. The first-order chi connectivity index (χ1) is 9.42. The van der Waals surface area contributed by atoms with E-state index in [1.165, 1.54) is 0 Å². The van der Waals surface area contributed by atoms with Crippen molar-refractivity contribution < 1.29 is 12.9 Å². The monoisotopic (exact) mass is 295 g/mol. The smallest absolute Gasteiger partial charge is 0.242 e. The second-order valence-corrected chi connectivity index (χ2v) is 7.33. The largest absolute Gasteiger partial charge is 0.338 e. The highest BCUT2D eigenvalue weighted by molar-refractivity contribution is 7.91. The van der Waals surface area contributed by atoms with Crippen LogP contribution in [0.25, 0.3) is 11.4 Å². The van der Waals surface area contributed by atoms with Gasteiger partial charge in [0, 0.05) is 12.1 Å². The highest BCUT2D eigenvalue weighted by Gasteiger charge is 2.21. The van der Waals surface area contributed by atoms with Crippen LogP contribution in [0.3, 0.4) is 0 Å². The molecule has 2 N–H and O–H groups in total. The van der Waals surface area contributed by atoms with Crippen molar-refractivity contribution in [2.45, 2.75) is 31.4 Å². The predicted octanol–water partition coefficient (Wildman–Crippen LogP) is 1.52. The van der Waals surface area contributed by atoms with E-state index in [1.54, 1.807) is 13.8 Å². The lowest BCUT2D eigenvalue weighted by molar-refractivity contribution is 0.389. The van der Waals surface area contributed by atoms with Gasteiger partial charge in [-0.3, -0.25) is 0 Å². The van der Waals surface area contributed by atoms with Crippen molar-refractivity contribution in [1.82, 2.24) is 10.1 Å². The minimum atomic E-state index is -3.24. The molecule has 0 unspecified atom stereocenters. The van der Waals surface area contributed by atoms with Crippen LogP contribution in [0.15, 0.2) is 28.8 Å². The number of sulfone groups is 1. The molecule has 0 radical (unpaired) electrons. The number of aromatic nitrogens is 2. The fourth-order valence-electron chi connectivity index (χ4n) is 1.56. The topological polar surface area (TPSA) is 99.1 Å². The van der Waals surface area contributed by atoms with E-state index in [0.29, 0.717) is 12.4 Å². The zero-order valence-electron chi connectivity index (χ0n) is 11.4. The highest BCUT2D eigenvalue weighted by Crippen LogP contribution is 2.18. The molecule has 0 saturated heterocycles. The normalized spacial score (nSPS) is 12.0. The molecule has 20 heavy (non-hydrogen) atoms. The Hall–Kier alpha value is -1.73. The van der Waals surface area contributed by atoms with Crippen molar-refractivity contribution in [2.75, 3.05) is 0 Å². The van der Waals surface area contributed by atoms with Gasteiger partial charge >= 0.3 is 0 Å². The van der Waals surface area contributed by atoms with Gasteiger partial charge in [0.2, 0.25) is 11.7 Å². The van der Waals surface area contributed by atoms with Crippen LogP contribution in [0, 0.1) is 0 Å². The van der Waals surface area contributed by atoms with Crippen molar-refractivity contribution in [3.8, 4) is 11.4 Å². The van der Waals surface area contributed by atoms with Crippen molar-refractivity contribution in [3.05, 3.63) is 35.7 Å². The molecule has 0 bridgehead atoms. The Kier molecular flexibility index (Phi) is 4.20. The van der Waals surface area contributed by atoms with Gasteiger partial charge in [0.1, 0.15) is 5.75 Å². The van der Waals surface area contributed by atoms with Crippen LogP contribution in [-0.4, -0.2) is 23.8 Å². The molecule has 1 aromatic heterocycles. The van der Waals surface area contributed by atoms with E-state index >= 15 is 0 Å². The minimum absolute atomic E-state index is 0.108. The van der Waals surface area contributed by atoms with E-state index in [-0.39, 0.29) is 11.6 Å². The molecule has 0 spiro atoms. The average molecular weight is 295 g/mol. The van der Waals surface area contributed by atoms with Crippen LogP contribution in [0.5, 0.6) is 0 Å². The van der Waals surface area contributed by atoms with Gasteiger partial charge in [-0.1, -0.05) is 29.4 Å². The summed E-state index contributed by atoms with van der Waals surface area (Å²) in [5.41, 5.74) is 7.29. The minimum Gasteiger partial charge on any atom is -0.338 e. The van der Waals surface area contributed by atoms with E-state index in [2.05, 4.69) is 10.1 Å². The third kappa shape index (κ3) is 3.23. The molecule has 7 heteroatoms. The van der Waals surface area contributed by atoms with E-state index in [1.807, 2.05) is 24.3 Å². The standard InChI is InChI=1S/C13H17N3O3S/c1-9(2)20(17,18)8-12-15-13(16-19-12)11-5-3-10(7-14)4-6-11/h3-6,9H,7-8,14H2,1-2H3. The lowest BCUT2D eigenvalue weighted by Gasteiger charge is -2.03. The Labute approximate surface area is 117 Å². The summed E-state index contributed by atoms with van der Waals surface area (Å²) in [6.07, 6.45) is 0. The van der Waals surface area contributed by atoms with Gasteiger partial charge in [-0.05, 0) is 19.4 Å². The Morgan fingerprint density at radius 2 is 1.90 bits per heavy atom. The lowest BCUT2D eigenvalue weighted by atomic mass is 10.1. The molecule has 0 fully saturated rings. The summed E-state index contributed by atoms with van der Waals surface area (Å²) in [5.74, 6) is 0.248. The Balaban J connectivity index is 2.20. The average Bonchev–Trinajstić information content (AvgIpc) is 2.86. The second kappa shape index (κ2) is 5.72. The second-order valence-electron chi connectivity index (χ2n) is 4.77. The molecule has 1 heterocycles. The van der Waals surface area contributed by atoms with E-state index < -0.39 is 15.1 Å². The van der Waals surface area contributed by atoms with Gasteiger partial charge in [0.25, 0.3) is 0 Å². The maximum absolute atomic E-state index is 11.8.